The maximum Gasteiger partial charge on any atom is 0.161 e. The zero-order valence-corrected chi connectivity index (χ0v) is 10.8. The Kier molecular flexibility index (Phi) is 4.47. The fraction of sp³-hybridized carbons (Fsp3) is 0.429. The Hall–Kier alpha value is -1.68. The minimum Gasteiger partial charge on any atom is -0.294 e. The number of benzene rings is 1. The van der Waals surface area contributed by atoms with Crippen molar-refractivity contribution in [1.82, 2.24) is 9.97 Å². The third kappa shape index (κ3) is 3.17. The second kappa shape index (κ2) is 6.31. The second-order valence-corrected chi connectivity index (χ2v) is 4.47. The first-order valence-electron chi connectivity index (χ1n) is 6.55. The van der Waals surface area contributed by atoms with Crippen LogP contribution in [0.1, 0.15) is 32.6 Å². The van der Waals surface area contributed by atoms with E-state index in [1.54, 1.807) is 11.2 Å². The highest BCUT2D eigenvalue weighted by molar-refractivity contribution is 5.75. The topological polar surface area (TPSA) is 55.0 Å². The van der Waals surface area contributed by atoms with E-state index in [-0.39, 0.29) is 0 Å². The molecule has 0 saturated carbocycles. The number of hydrazine groups is 1. The van der Waals surface area contributed by atoms with Crippen LogP contribution >= 0.6 is 0 Å². The zero-order chi connectivity index (χ0) is 12.8. The highest BCUT2D eigenvalue weighted by Crippen LogP contribution is 2.13. The molecule has 0 unspecified atom stereocenters. The van der Waals surface area contributed by atoms with E-state index in [2.05, 4.69) is 16.9 Å². The first-order valence-corrected chi connectivity index (χ1v) is 6.55. The van der Waals surface area contributed by atoms with Gasteiger partial charge in [0.25, 0.3) is 0 Å². The molecule has 0 aliphatic rings. The number of fused-ring (bicyclic) bond motifs is 1. The van der Waals surface area contributed by atoms with Gasteiger partial charge in [-0.3, -0.25) is 9.99 Å². The molecule has 96 valence electrons. The number of nitrogens with two attached hydrogens (primary N) is 1. The lowest BCUT2D eigenvalue weighted by Gasteiger charge is -2.17. The lowest BCUT2D eigenvalue weighted by atomic mass is 10.2. The number of aromatic nitrogens is 2. The highest BCUT2D eigenvalue weighted by atomic mass is 15.4. The summed E-state index contributed by atoms with van der Waals surface area (Å²) in [6, 6.07) is 7.83. The van der Waals surface area contributed by atoms with Gasteiger partial charge in [0.05, 0.1) is 17.2 Å². The Morgan fingerprint density at radius 2 is 1.89 bits per heavy atom. The normalized spacial score (nSPS) is 10.8. The predicted octanol–water partition coefficient (Wildman–Crippen LogP) is 2.89. The third-order valence-electron chi connectivity index (χ3n) is 2.98. The van der Waals surface area contributed by atoms with E-state index in [9.17, 15) is 0 Å². The minimum atomic E-state index is 0.741. The van der Waals surface area contributed by atoms with Gasteiger partial charge in [0.2, 0.25) is 0 Å². The summed E-state index contributed by atoms with van der Waals surface area (Å²) in [7, 11) is 0. The number of hydrogen-bond acceptors (Lipinski definition) is 4. The molecule has 0 saturated heterocycles. The van der Waals surface area contributed by atoms with Crippen LogP contribution in [0.5, 0.6) is 0 Å². The third-order valence-corrected chi connectivity index (χ3v) is 2.98. The number of rotatable bonds is 6. The molecule has 0 radical (unpaired) electrons. The van der Waals surface area contributed by atoms with Gasteiger partial charge in [-0.2, -0.15) is 0 Å². The molecule has 0 fully saturated rings. The lowest BCUT2D eigenvalue weighted by molar-refractivity contribution is 0.647. The average molecular weight is 244 g/mol. The molecule has 0 spiro atoms. The molecule has 2 aromatic rings. The van der Waals surface area contributed by atoms with E-state index in [1.165, 1.54) is 19.3 Å². The fourth-order valence-electron chi connectivity index (χ4n) is 1.91. The predicted molar refractivity (Wildman–Crippen MR) is 75.2 cm³/mol. The molecule has 2 N–H and O–H groups in total. The molecule has 2 rings (SSSR count). The molecule has 18 heavy (non-hydrogen) atoms. The van der Waals surface area contributed by atoms with Gasteiger partial charge in [0, 0.05) is 6.54 Å². The van der Waals surface area contributed by atoms with Crippen LogP contribution in [0.2, 0.25) is 0 Å². The fourth-order valence-corrected chi connectivity index (χ4v) is 1.91. The Labute approximate surface area is 108 Å². The van der Waals surface area contributed by atoms with Crippen molar-refractivity contribution in [2.24, 2.45) is 5.84 Å². The molecule has 1 heterocycles. The molecule has 0 aliphatic heterocycles. The second-order valence-electron chi connectivity index (χ2n) is 4.47. The summed E-state index contributed by atoms with van der Waals surface area (Å²) in [6.45, 7) is 3.03. The average Bonchev–Trinajstić information content (AvgIpc) is 2.43. The summed E-state index contributed by atoms with van der Waals surface area (Å²) in [5.74, 6) is 6.74. The maximum atomic E-state index is 6.00. The number of nitrogens with zero attached hydrogens (tertiary/aromatic N) is 3. The quantitative estimate of drug-likeness (QED) is 0.482. The number of unbranched alkanes of at least 4 members (excludes halogenated alkanes) is 3. The van der Waals surface area contributed by atoms with Crippen molar-refractivity contribution in [3.63, 3.8) is 0 Å². The van der Waals surface area contributed by atoms with Crippen LogP contribution in [0.4, 0.5) is 5.82 Å². The molecule has 0 amide bonds. The largest absolute Gasteiger partial charge is 0.294 e. The summed E-state index contributed by atoms with van der Waals surface area (Å²) in [6.07, 6.45) is 6.55. The van der Waals surface area contributed by atoms with Gasteiger partial charge < -0.3 is 0 Å². The molecule has 4 heteroatoms. The van der Waals surface area contributed by atoms with Crippen molar-refractivity contribution in [3.05, 3.63) is 30.5 Å². The monoisotopic (exact) mass is 244 g/mol. The molecular weight excluding hydrogens is 224 g/mol. The van der Waals surface area contributed by atoms with Crippen molar-refractivity contribution >= 4 is 16.9 Å². The molecule has 0 atom stereocenters. The Morgan fingerprint density at radius 1 is 1.11 bits per heavy atom. The highest BCUT2D eigenvalue weighted by Gasteiger charge is 2.04. The van der Waals surface area contributed by atoms with E-state index in [0.29, 0.717) is 0 Å². The van der Waals surface area contributed by atoms with Crippen molar-refractivity contribution in [1.29, 1.82) is 0 Å². The maximum absolute atomic E-state index is 6.00. The standard InChI is InChI=1S/C14H20N4/c1-2-3-4-7-10-18(15)14-11-16-12-8-5-6-9-13(12)17-14/h5-6,8-9,11H,2-4,7,10,15H2,1H3. The summed E-state index contributed by atoms with van der Waals surface area (Å²) in [5.41, 5.74) is 1.79. The van der Waals surface area contributed by atoms with Crippen LogP contribution in [0.3, 0.4) is 0 Å². The van der Waals surface area contributed by atoms with Crippen molar-refractivity contribution < 1.29 is 0 Å². The van der Waals surface area contributed by atoms with E-state index < -0.39 is 0 Å². The van der Waals surface area contributed by atoms with Gasteiger partial charge in [-0.25, -0.2) is 10.8 Å². The summed E-state index contributed by atoms with van der Waals surface area (Å²) in [5, 5.41) is 1.69. The van der Waals surface area contributed by atoms with Gasteiger partial charge in [0.1, 0.15) is 0 Å². The zero-order valence-electron chi connectivity index (χ0n) is 10.8. The van der Waals surface area contributed by atoms with E-state index in [1.807, 2.05) is 24.3 Å². The molecular formula is C14H20N4. The van der Waals surface area contributed by atoms with Gasteiger partial charge in [-0.05, 0) is 18.6 Å². The molecule has 1 aromatic heterocycles. The Morgan fingerprint density at radius 3 is 2.67 bits per heavy atom. The Bertz CT molecular complexity index is 498. The first kappa shape index (κ1) is 12.8. The van der Waals surface area contributed by atoms with E-state index in [4.69, 9.17) is 5.84 Å². The van der Waals surface area contributed by atoms with E-state index >= 15 is 0 Å². The summed E-state index contributed by atoms with van der Waals surface area (Å²) < 4.78 is 0. The van der Waals surface area contributed by atoms with Crippen LogP contribution in [0.15, 0.2) is 30.5 Å². The van der Waals surface area contributed by atoms with Crippen molar-refractivity contribution in [2.75, 3.05) is 11.6 Å². The van der Waals surface area contributed by atoms with Gasteiger partial charge in [0.15, 0.2) is 5.82 Å². The minimum absolute atomic E-state index is 0.741. The Balaban J connectivity index is 2.01. The lowest BCUT2D eigenvalue weighted by Crippen LogP contribution is -2.32. The van der Waals surface area contributed by atoms with Crippen LogP contribution in [-0.4, -0.2) is 16.5 Å². The summed E-state index contributed by atoms with van der Waals surface area (Å²) >= 11 is 0. The smallest absolute Gasteiger partial charge is 0.161 e. The molecule has 4 nitrogen and oxygen atoms in total. The van der Waals surface area contributed by atoms with Crippen molar-refractivity contribution in [2.45, 2.75) is 32.6 Å². The molecule has 0 bridgehead atoms. The number of para-hydroxylation sites is 2. The first-order chi connectivity index (χ1) is 8.81. The SMILES string of the molecule is CCCCCCN(N)c1cnc2ccccc2n1. The van der Waals surface area contributed by atoms with Gasteiger partial charge in [-0.15, -0.1) is 0 Å². The van der Waals surface area contributed by atoms with Crippen LogP contribution < -0.4 is 10.9 Å². The van der Waals surface area contributed by atoms with Crippen LogP contribution in [0.25, 0.3) is 11.0 Å². The van der Waals surface area contributed by atoms with Gasteiger partial charge >= 0.3 is 0 Å². The summed E-state index contributed by atoms with van der Waals surface area (Å²) in [4.78, 5) is 8.87. The van der Waals surface area contributed by atoms with E-state index in [0.717, 1.165) is 29.8 Å². The van der Waals surface area contributed by atoms with Crippen LogP contribution in [0, 0.1) is 0 Å². The van der Waals surface area contributed by atoms with Crippen LogP contribution in [-0.2, 0) is 0 Å². The number of hydrogen-bond donors (Lipinski definition) is 1. The molecule has 1 aromatic carbocycles. The molecule has 0 aliphatic carbocycles. The van der Waals surface area contributed by atoms with Crippen molar-refractivity contribution in [3.8, 4) is 0 Å². The van der Waals surface area contributed by atoms with Gasteiger partial charge in [-0.1, -0.05) is 38.3 Å². The number of anilines is 1.